The van der Waals surface area contributed by atoms with E-state index in [0.29, 0.717) is 30.0 Å². The highest BCUT2D eigenvalue weighted by molar-refractivity contribution is 6.04. The van der Waals surface area contributed by atoms with Crippen LogP contribution in [0.15, 0.2) is 48.5 Å². The van der Waals surface area contributed by atoms with Gasteiger partial charge in [-0.15, -0.1) is 0 Å². The van der Waals surface area contributed by atoms with E-state index >= 15 is 0 Å². The predicted molar refractivity (Wildman–Crippen MR) is 89.6 cm³/mol. The van der Waals surface area contributed by atoms with Gasteiger partial charge in [0.05, 0.1) is 0 Å². The molecule has 2 aromatic rings. The Morgan fingerprint density at radius 2 is 1.54 bits per heavy atom. The van der Waals surface area contributed by atoms with Gasteiger partial charge in [-0.25, -0.2) is 4.39 Å². The summed E-state index contributed by atoms with van der Waals surface area (Å²) in [6.45, 7) is 1.13. The topological polar surface area (TPSA) is 67.4 Å². The summed E-state index contributed by atoms with van der Waals surface area (Å²) in [7, 11) is 1.61. The van der Waals surface area contributed by atoms with Gasteiger partial charge in [0.15, 0.2) is 0 Å². The van der Waals surface area contributed by atoms with Crippen molar-refractivity contribution in [3.63, 3.8) is 0 Å². The Morgan fingerprint density at radius 3 is 2.17 bits per heavy atom. The lowest BCUT2D eigenvalue weighted by Gasteiger charge is -2.07. The Morgan fingerprint density at radius 1 is 0.958 bits per heavy atom. The minimum absolute atomic E-state index is 0.178. The minimum Gasteiger partial charge on any atom is -0.385 e. The zero-order valence-corrected chi connectivity index (χ0v) is 13.3. The average molecular weight is 330 g/mol. The van der Waals surface area contributed by atoms with Crippen LogP contribution in [0.3, 0.4) is 0 Å². The smallest absolute Gasteiger partial charge is 0.255 e. The van der Waals surface area contributed by atoms with E-state index in [2.05, 4.69) is 10.6 Å². The number of methoxy groups -OCH3 is 1. The summed E-state index contributed by atoms with van der Waals surface area (Å²) < 4.78 is 17.8. The van der Waals surface area contributed by atoms with Crippen LogP contribution in [0.4, 0.5) is 10.1 Å². The van der Waals surface area contributed by atoms with E-state index in [0.717, 1.165) is 6.42 Å². The highest BCUT2D eigenvalue weighted by atomic mass is 19.1. The summed E-state index contributed by atoms with van der Waals surface area (Å²) in [4.78, 5) is 23.9. The summed E-state index contributed by atoms with van der Waals surface area (Å²) in [5, 5.41) is 5.48. The molecular formula is C18H19FN2O3. The van der Waals surface area contributed by atoms with Crippen LogP contribution in [-0.2, 0) is 4.74 Å². The number of halogens is 1. The number of hydrogen-bond acceptors (Lipinski definition) is 3. The molecule has 0 fully saturated rings. The molecule has 0 atom stereocenters. The van der Waals surface area contributed by atoms with E-state index in [1.807, 2.05) is 0 Å². The van der Waals surface area contributed by atoms with E-state index in [1.165, 1.54) is 24.3 Å². The Labute approximate surface area is 139 Å². The van der Waals surface area contributed by atoms with Gasteiger partial charge in [0.2, 0.25) is 0 Å². The highest BCUT2D eigenvalue weighted by Gasteiger charge is 2.08. The van der Waals surface area contributed by atoms with Crippen molar-refractivity contribution in [2.24, 2.45) is 0 Å². The molecule has 0 aliphatic rings. The third-order valence-electron chi connectivity index (χ3n) is 3.32. The Bertz CT molecular complexity index is 684. The first kappa shape index (κ1) is 17.6. The monoisotopic (exact) mass is 330 g/mol. The van der Waals surface area contributed by atoms with Crippen LogP contribution in [-0.4, -0.2) is 32.1 Å². The molecule has 0 aliphatic heterocycles. The molecule has 0 heterocycles. The standard InChI is InChI=1S/C18H19FN2O3/c1-24-12-2-11-20-17(22)13-5-9-16(10-6-13)21-18(23)14-3-7-15(19)8-4-14/h3-10H,2,11-12H2,1H3,(H,20,22)(H,21,23). The van der Waals surface area contributed by atoms with Gasteiger partial charge in [-0.3, -0.25) is 9.59 Å². The normalized spacial score (nSPS) is 10.2. The van der Waals surface area contributed by atoms with Crippen LogP contribution in [0.25, 0.3) is 0 Å². The zero-order valence-electron chi connectivity index (χ0n) is 13.3. The first-order valence-electron chi connectivity index (χ1n) is 7.54. The van der Waals surface area contributed by atoms with Gasteiger partial charge in [0, 0.05) is 37.1 Å². The number of nitrogens with one attached hydrogen (secondary N) is 2. The molecule has 0 aliphatic carbocycles. The fourth-order valence-corrected chi connectivity index (χ4v) is 2.03. The van der Waals surface area contributed by atoms with E-state index in [-0.39, 0.29) is 11.8 Å². The summed E-state index contributed by atoms with van der Waals surface area (Å²) in [5.41, 5.74) is 1.42. The van der Waals surface area contributed by atoms with Crippen molar-refractivity contribution < 1.29 is 18.7 Å². The lowest BCUT2D eigenvalue weighted by molar-refractivity contribution is 0.0948. The molecule has 6 heteroatoms. The minimum atomic E-state index is -0.396. The van der Waals surface area contributed by atoms with Crippen molar-refractivity contribution >= 4 is 17.5 Å². The maximum Gasteiger partial charge on any atom is 0.255 e. The Balaban J connectivity index is 1.90. The van der Waals surface area contributed by atoms with E-state index in [1.54, 1.807) is 31.4 Å². The molecule has 0 bridgehead atoms. The van der Waals surface area contributed by atoms with Gasteiger partial charge in [-0.2, -0.15) is 0 Å². The maximum atomic E-state index is 12.9. The number of carbonyl (C=O) groups excluding carboxylic acids is 2. The Hall–Kier alpha value is -2.73. The van der Waals surface area contributed by atoms with Gasteiger partial charge in [-0.1, -0.05) is 0 Å². The summed E-state index contributed by atoms with van der Waals surface area (Å²) >= 11 is 0. The summed E-state index contributed by atoms with van der Waals surface area (Å²) in [6.07, 6.45) is 0.744. The number of rotatable bonds is 7. The third-order valence-corrected chi connectivity index (χ3v) is 3.32. The van der Waals surface area contributed by atoms with Gasteiger partial charge >= 0.3 is 0 Å². The predicted octanol–water partition coefficient (Wildman–Crippen LogP) is 2.84. The number of benzene rings is 2. The molecule has 0 saturated heterocycles. The van der Waals surface area contributed by atoms with E-state index in [4.69, 9.17) is 4.74 Å². The SMILES string of the molecule is COCCCNC(=O)c1ccc(NC(=O)c2ccc(F)cc2)cc1. The van der Waals surface area contributed by atoms with Crippen LogP contribution in [0, 0.1) is 5.82 Å². The van der Waals surface area contributed by atoms with Crippen LogP contribution < -0.4 is 10.6 Å². The molecule has 0 saturated carbocycles. The second-order valence-electron chi connectivity index (χ2n) is 5.14. The van der Waals surface area contributed by atoms with Gasteiger partial charge in [0.25, 0.3) is 11.8 Å². The number of amides is 2. The fourth-order valence-electron chi connectivity index (χ4n) is 2.03. The first-order valence-corrected chi connectivity index (χ1v) is 7.54. The lowest BCUT2D eigenvalue weighted by atomic mass is 10.1. The molecule has 0 aromatic heterocycles. The number of anilines is 1. The van der Waals surface area contributed by atoms with Gasteiger partial charge in [-0.05, 0) is 55.0 Å². The van der Waals surface area contributed by atoms with Crippen LogP contribution in [0.5, 0.6) is 0 Å². The van der Waals surface area contributed by atoms with Gasteiger partial charge in [0.1, 0.15) is 5.82 Å². The van der Waals surface area contributed by atoms with Crippen molar-refractivity contribution in [1.29, 1.82) is 0 Å². The average Bonchev–Trinajstić information content (AvgIpc) is 2.59. The molecule has 2 aromatic carbocycles. The molecule has 0 radical (unpaired) electrons. The van der Waals surface area contributed by atoms with Crippen molar-refractivity contribution in [3.8, 4) is 0 Å². The number of carbonyl (C=O) groups is 2. The van der Waals surface area contributed by atoms with Crippen molar-refractivity contribution in [1.82, 2.24) is 5.32 Å². The maximum absolute atomic E-state index is 12.9. The number of ether oxygens (including phenoxy) is 1. The summed E-state index contributed by atoms with van der Waals surface area (Å²) in [6, 6.07) is 11.8. The molecule has 2 N–H and O–H groups in total. The third kappa shape index (κ3) is 5.17. The second kappa shape index (κ2) is 8.79. The molecule has 0 spiro atoms. The van der Waals surface area contributed by atoms with Crippen molar-refractivity contribution in [2.45, 2.75) is 6.42 Å². The van der Waals surface area contributed by atoms with Crippen LogP contribution in [0.1, 0.15) is 27.1 Å². The van der Waals surface area contributed by atoms with E-state index in [9.17, 15) is 14.0 Å². The summed E-state index contributed by atoms with van der Waals surface area (Å²) in [5.74, 6) is -0.915. The molecule has 5 nitrogen and oxygen atoms in total. The molecule has 126 valence electrons. The lowest BCUT2D eigenvalue weighted by Crippen LogP contribution is -2.25. The first-order chi connectivity index (χ1) is 11.6. The molecule has 2 amide bonds. The second-order valence-corrected chi connectivity index (χ2v) is 5.14. The largest absolute Gasteiger partial charge is 0.385 e. The quantitative estimate of drug-likeness (QED) is 0.767. The number of hydrogen-bond donors (Lipinski definition) is 2. The van der Waals surface area contributed by atoms with Crippen molar-refractivity contribution in [2.75, 3.05) is 25.6 Å². The molecule has 24 heavy (non-hydrogen) atoms. The zero-order chi connectivity index (χ0) is 17.4. The highest BCUT2D eigenvalue weighted by Crippen LogP contribution is 2.12. The molecule has 0 unspecified atom stereocenters. The Kier molecular flexibility index (Phi) is 6.45. The van der Waals surface area contributed by atoms with Crippen LogP contribution in [0.2, 0.25) is 0 Å². The molecule has 2 rings (SSSR count). The van der Waals surface area contributed by atoms with Gasteiger partial charge < -0.3 is 15.4 Å². The fraction of sp³-hybridized carbons (Fsp3) is 0.222. The van der Waals surface area contributed by atoms with Crippen molar-refractivity contribution in [3.05, 3.63) is 65.5 Å². The van der Waals surface area contributed by atoms with Crippen LogP contribution >= 0.6 is 0 Å². The van der Waals surface area contributed by atoms with E-state index < -0.39 is 5.82 Å². The molecular weight excluding hydrogens is 311 g/mol.